The van der Waals surface area contributed by atoms with Crippen molar-refractivity contribution in [2.24, 2.45) is 11.8 Å². The third-order valence-corrected chi connectivity index (χ3v) is 4.31. The van der Waals surface area contributed by atoms with Crippen molar-refractivity contribution in [2.45, 2.75) is 45.4 Å². The van der Waals surface area contributed by atoms with E-state index >= 15 is 0 Å². The number of unbranched alkanes of at least 4 members (excludes halogenated alkanes) is 1. The second-order valence-electron chi connectivity index (χ2n) is 5.70. The molecular formula is C18H24O2. The maximum absolute atomic E-state index is 12.0. The highest BCUT2D eigenvalue weighted by molar-refractivity contribution is 5.83. The first-order chi connectivity index (χ1) is 9.72. The molecule has 0 heterocycles. The first-order valence-corrected chi connectivity index (χ1v) is 7.69. The van der Waals surface area contributed by atoms with Crippen LogP contribution in [0.4, 0.5) is 0 Å². The van der Waals surface area contributed by atoms with Crippen molar-refractivity contribution in [1.29, 1.82) is 0 Å². The van der Waals surface area contributed by atoms with E-state index in [1.807, 2.05) is 36.4 Å². The van der Waals surface area contributed by atoms with Gasteiger partial charge in [-0.2, -0.15) is 0 Å². The summed E-state index contributed by atoms with van der Waals surface area (Å²) >= 11 is 0. The zero-order valence-corrected chi connectivity index (χ0v) is 12.2. The first-order valence-electron chi connectivity index (χ1n) is 7.69. The van der Waals surface area contributed by atoms with Crippen molar-refractivity contribution in [2.75, 3.05) is 0 Å². The van der Waals surface area contributed by atoms with Gasteiger partial charge in [0.15, 0.2) is 0 Å². The molecular weight excluding hydrogens is 248 g/mol. The lowest BCUT2D eigenvalue weighted by Crippen LogP contribution is -2.14. The molecule has 0 saturated heterocycles. The van der Waals surface area contributed by atoms with Crippen LogP contribution in [0.1, 0.15) is 51.0 Å². The van der Waals surface area contributed by atoms with Gasteiger partial charge >= 0.3 is 0 Å². The summed E-state index contributed by atoms with van der Waals surface area (Å²) in [4.78, 5) is 12.0. The summed E-state index contributed by atoms with van der Waals surface area (Å²) in [6.45, 7) is 2.19. The van der Waals surface area contributed by atoms with Gasteiger partial charge in [-0.05, 0) is 31.3 Å². The largest absolute Gasteiger partial charge is 0.508 e. The maximum atomic E-state index is 12.0. The molecule has 2 atom stereocenters. The highest BCUT2D eigenvalue weighted by atomic mass is 16.3. The molecule has 1 N–H and O–H groups in total. The molecule has 0 amide bonds. The highest BCUT2D eigenvalue weighted by Gasteiger charge is 2.33. The van der Waals surface area contributed by atoms with Crippen molar-refractivity contribution in [3.05, 3.63) is 42.0 Å². The summed E-state index contributed by atoms with van der Waals surface area (Å²) in [6, 6.07) is 9.51. The van der Waals surface area contributed by atoms with Crippen molar-refractivity contribution >= 4 is 11.5 Å². The highest BCUT2D eigenvalue weighted by Crippen LogP contribution is 2.35. The van der Waals surface area contributed by atoms with E-state index in [-0.39, 0.29) is 5.92 Å². The zero-order valence-electron chi connectivity index (χ0n) is 12.2. The molecule has 1 saturated carbocycles. The Morgan fingerprint density at radius 1 is 1.35 bits per heavy atom. The molecule has 1 aliphatic rings. The Balaban J connectivity index is 1.98. The maximum Gasteiger partial charge on any atom is 0.136 e. The van der Waals surface area contributed by atoms with Crippen LogP contribution in [0.25, 0.3) is 5.76 Å². The molecule has 108 valence electrons. The van der Waals surface area contributed by atoms with Crippen molar-refractivity contribution in [3.8, 4) is 0 Å². The minimum absolute atomic E-state index is 0.118. The molecule has 0 bridgehead atoms. The average molecular weight is 272 g/mol. The second-order valence-corrected chi connectivity index (χ2v) is 5.70. The molecule has 20 heavy (non-hydrogen) atoms. The zero-order chi connectivity index (χ0) is 14.4. The van der Waals surface area contributed by atoms with Gasteiger partial charge in [0.2, 0.25) is 0 Å². The number of benzene rings is 1. The first kappa shape index (κ1) is 14.8. The van der Waals surface area contributed by atoms with Gasteiger partial charge < -0.3 is 5.11 Å². The van der Waals surface area contributed by atoms with Gasteiger partial charge in [0.1, 0.15) is 11.5 Å². The van der Waals surface area contributed by atoms with E-state index in [0.29, 0.717) is 23.9 Å². The third kappa shape index (κ3) is 3.72. The summed E-state index contributed by atoms with van der Waals surface area (Å²) in [5.74, 6) is 1.30. The summed E-state index contributed by atoms with van der Waals surface area (Å²) in [5.41, 5.74) is 0.822. The molecule has 0 spiro atoms. The number of aliphatic hydroxyl groups excluding tert-OH is 1. The summed E-state index contributed by atoms with van der Waals surface area (Å²) in [7, 11) is 0. The Morgan fingerprint density at radius 3 is 2.80 bits per heavy atom. The van der Waals surface area contributed by atoms with Gasteiger partial charge in [0, 0.05) is 17.9 Å². The minimum atomic E-state index is 0.118. The van der Waals surface area contributed by atoms with Crippen molar-refractivity contribution in [3.63, 3.8) is 0 Å². The molecule has 1 aromatic carbocycles. The number of aliphatic hydroxyl groups is 1. The monoisotopic (exact) mass is 272 g/mol. The molecule has 0 radical (unpaired) electrons. The lowest BCUT2D eigenvalue weighted by atomic mass is 9.88. The average Bonchev–Trinajstić information content (AvgIpc) is 2.84. The molecule has 2 rings (SSSR count). The lowest BCUT2D eigenvalue weighted by Gasteiger charge is -2.16. The van der Waals surface area contributed by atoms with Gasteiger partial charge in [0.05, 0.1) is 0 Å². The standard InChI is InChI=1S/C18H24O2/c1-2-3-7-14-10-12-18(20)16(14)11-13-17(19)15-8-5-4-6-9-15/h4-6,8-9,13-14,16,19H,2-3,7,10-12H2,1H3. The Kier molecular flexibility index (Phi) is 5.40. The lowest BCUT2D eigenvalue weighted by molar-refractivity contribution is -0.121. The molecule has 1 aliphatic carbocycles. The van der Waals surface area contributed by atoms with Gasteiger partial charge in [-0.15, -0.1) is 0 Å². The molecule has 2 heteroatoms. The Morgan fingerprint density at radius 2 is 2.10 bits per heavy atom. The van der Waals surface area contributed by atoms with Crippen LogP contribution in [0.2, 0.25) is 0 Å². The van der Waals surface area contributed by atoms with Crippen LogP contribution in [0.5, 0.6) is 0 Å². The molecule has 1 fully saturated rings. The number of carbonyl (C=O) groups is 1. The Hall–Kier alpha value is -1.57. The number of carbonyl (C=O) groups excluding carboxylic acids is 1. The van der Waals surface area contributed by atoms with Gasteiger partial charge in [-0.1, -0.05) is 50.1 Å². The SMILES string of the molecule is CCCCC1CCC(=O)C1CC=C(O)c1ccccc1. The molecule has 2 unspecified atom stereocenters. The number of hydrogen-bond donors (Lipinski definition) is 1. The number of ketones is 1. The van der Waals surface area contributed by atoms with Crippen LogP contribution in [-0.2, 0) is 4.79 Å². The number of hydrogen-bond acceptors (Lipinski definition) is 2. The van der Waals surface area contributed by atoms with E-state index < -0.39 is 0 Å². The van der Waals surface area contributed by atoms with Crippen molar-refractivity contribution in [1.82, 2.24) is 0 Å². The predicted octanol–water partition coefficient (Wildman–Crippen LogP) is 4.76. The number of Topliss-reactive ketones (excluding diaryl/α,β-unsaturated/α-hetero) is 1. The van der Waals surface area contributed by atoms with Crippen molar-refractivity contribution < 1.29 is 9.90 Å². The van der Waals surface area contributed by atoms with E-state index in [1.165, 1.54) is 12.8 Å². The van der Waals surface area contributed by atoms with Gasteiger partial charge in [0.25, 0.3) is 0 Å². The normalized spacial score (nSPS) is 23.2. The van der Waals surface area contributed by atoms with Crippen LogP contribution in [0, 0.1) is 11.8 Å². The van der Waals surface area contributed by atoms with Crippen LogP contribution >= 0.6 is 0 Å². The van der Waals surface area contributed by atoms with Crippen LogP contribution in [0.15, 0.2) is 36.4 Å². The van der Waals surface area contributed by atoms with E-state index in [2.05, 4.69) is 6.92 Å². The fourth-order valence-corrected chi connectivity index (χ4v) is 3.08. The quantitative estimate of drug-likeness (QED) is 0.758. The number of rotatable bonds is 6. The Labute approximate surface area is 121 Å². The molecule has 0 aliphatic heterocycles. The fraction of sp³-hybridized carbons (Fsp3) is 0.500. The summed E-state index contributed by atoms with van der Waals surface area (Å²) in [5, 5.41) is 10.1. The smallest absolute Gasteiger partial charge is 0.136 e. The minimum Gasteiger partial charge on any atom is -0.508 e. The van der Waals surface area contributed by atoms with E-state index in [1.54, 1.807) is 0 Å². The van der Waals surface area contributed by atoms with Crippen LogP contribution in [0.3, 0.4) is 0 Å². The predicted molar refractivity (Wildman–Crippen MR) is 82.4 cm³/mol. The van der Waals surface area contributed by atoms with E-state index in [9.17, 15) is 9.90 Å². The molecule has 0 aromatic heterocycles. The Bertz CT molecular complexity index is 462. The summed E-state index contributed by atoms with van der Waals surface area (Å²) < 4.78 is 0. The second kappa shape index (κ2) is 7.28. The molecule has 1 aromatic rings. The third-order valence-electron chi connectivity index (χ3n) is 4.31. The van der Waals surface area contributed by atoms with E-state index in [4.69, 9.17) is 0 Å². The van der Waals surface area contributed by atoms with Crippen LogP contribution in [-0.4, -0.2) is 10.9 Å². The van der Waals surface area contributed by atoms with Gasteiger partial charge in [-0.3, -0.25) is 4.79 Å². The topological polar surface area (TPSA) is 37.3 Å². The van der Waals surface area contributed by atoms with Crippen LogP contribution < -0.4 is 0 Å². The van der Waals surface area contributed by atoms with Gasteiger partial charge in [-0.25, -0.2) is 0 Å². The summed E-state index contributed by atoms with van der Waals surface area (Å²) in [6.07, 6.45) is 7.77. The van der Waals surface area contributed by atoms with E-state index in [0.717, 1.165) is 24.8 Å². The fourth-order valence-electron chi connectivity index (χ4n) is 3.08. The molecule has 2 nitrogen and oxygen atoms in total. The number of allylic oxidation sites excluding steroid dienone is 1.